The van der Waals surface area contributed by atoms with E-state index in [4.69, 9.17) is 0 Å². The number of hydrogen-bond acceptors (Lipinski definition) is 3. The zero-order valence-corrected chi connectivity index (χ0v) is 16.4. The minimum atomic E-state index is -0.0256. The van der Waals surface area contributed by atoms with Gasteiger partial charge < -0.3 is 10.6 Å². The smallest absolute Gasteiger partial charge is 0.225 e. The number of pyridine rings is 1. The van der Waals surface area contributed by atoms with Gasteiger partial charge in [0.2, 0.25) is 5.91 Å². The van der Waals surface area contributed by atoms with Crippen molar-refractivity contribution in [2.24, 2.45) is 5.92 Å². The molecular formula is C24H27N3O. The van der Waals surface area contributed by atoms with E-state index in [0.29, 0.717) is 18.0 Å². The molecule has 1 heterocycles. The van der Waals surface area contributed by atoms with E-state index < -0.39 is 0 Å². The fraction of sp³-hybridized carbons (Fsp3) is 0.250. The van der Waals surface area contributed by atoms with Crippen LogP contribution >= 0.6 is 0 Å². The lowest BCUT2D eigenvalue weighted by Gasteiger charge is -2.18. The first-order valence-corrected chi connectivity index (χ1v) is 9.71. The summed E-state index contributed by atoms with van der Waals surface area (Å²) in [6.45, 7) is 5.17. The van der Waals surface area contributed by atoms with Crippen molar-refractivity contribution >= 4 is 17.4 Å². The second-order valence-electron chi connectivity index (χ2n) is 7.33. The topological polar surface area (TPSA) is 54.0 Å². The number of benzene rings is 2. The van der Waals surface area contributed by atoms with Crippen molar-refractivity contribution in [3.05, 3.63) is 90.1 Å². The third-order valence-electron chi connectivity index (χ3n) is 4.53. The Hall–Kier alpha value is -3.14. The van der Waals surface area contributed by atoms with E-state index in [1.54, 1.807) is 6.20 Å². The Bertz CT molecular complexity index is 822. The number of carbonyl (C=O) groups excluding carboxylic acids is 1. The van der Waals surface area contributed by atoms with Crippen molar-refractivity contribution in [3.8, 4) is 0 Å². The molecule has 1 aromatic heterocycles. The maximum absolute atomic E-state index is 12.7. The highest BCUT2D eigenvalue weighted by atomic mass is 16.1. The molecule has 0 aliphatic heterocycles. The number of amides is 1. The molecule has 0 saturated heterocycles. The van der Waals surface area contributed by atoms with Crippen LogP contribution in [0.15, 0.2) is 79.0 Å². The van der Waals surface area contributed by atoms with Crippen molar-refractivity contribution in [2.75, 3.05) is 17.2 Å². The van der Waals surface area contributed by atoms with E-state index in [0.717, 1.165) is 23.5 Å². The van der Waals surface area contributed by atoms with Crippen molar-refractivity contribution < 1.29 is 4.79 Å². The molecule has 0 unspecified atom stereocenters. The molecule has 2 aromatic carbocycles. The van der Waals surface area contributed by atoms with E-state index in [1.807, 2.05) is 48.5 Å². The molecule has 0 aliphatic rings. The van der Waals surface area contributed by atoms with Crippen LogP contribution in [-0.2, 0) is 4.79 Å². The van der Waals surface area contributed by atoms with Crippen LogP contribution in [0.5, 0.6) is 0 Å². The van der Waals surface area contributed by atoms with Gasteiger partial charge in [0.15, 0.2) is 0 Å². The van der Waals surface area contributed by atoms with Gasteiger partial charge in [0.05, 0.1) is 11.9 Å². The van der Waals surface area contributed by atoms with Crippen LogP contribution in [0, 0.1) is 5.92 Å². The third-order valence-corrected chi connectivity index (χ3v) is 4.53. The van der Waals surface area contributed by atoms with Crippen LogP contribution in [0.4, 0.5) is 11.5 Å². The molecule has 0 bridgehead atoms. The second-order valence-corrected chi connectivity index (χ2v) is 7.33. The summed E-state index contributed by atoms with van der Waals surface area (Å²) in [5.41, 5.74) is 2.98. The van der Waals surface area contributed by atoms with Crippen LogP contribution < -0.4 is 10.6 Å². The Balaban J connectivity index is 1.67. The highest BCUT2D eigenvalue weighted by molar-refractivity contribution is 5.91. The quantitative estimate of drug-likeness (QED) is 0.562. The minimum Gasteiger partial charge on any atom is -0.370 e. The molecule has 0 spiro atoms. The molecule has 0 fully saturated rings. The Kier molecular flexibility index (Phi) is 6.79. The van der Waals surface area contributed by atoms with Gasteiger partial charge in [-0.05, 0) is 29.2 Å². The number of nitrogens with zero attached hydrogens (tertiary/aromatic N) is 1. The maximum Gasteiger partial charge on any atom is 0.225 e. The molecule has 144 valence electrons. The highest BCUT2D eigenvalue weighted by Crippen LogP contribution is 2.28. The zero-order chi connectivity index (χ0) is 19.8. The summed E-state index contributed by atoms with van der Waals surface area (Å²) >= 11 is 0. The standard InChI is InChI=1S/C24H27N3O/c1-18(2)16-25-23-14-13-21(17-26-23)27-24(28)15-22(19-9-5-3-6-10-19)20-11-7-4-8-12-20/h3-14,17-18,22H,15-16H2,1-2H3,(H,25,26)(H,27,28). The maximum atomic E-state index is 12.7. The van der Waals surface area contributed by atoms with E-state index in [9.17, 15) is 4.79 Å². The molecule has 4 heteroatoms. The first kappa shape index (κ1) is 19.6. The average molecular weight is 374 g/mol. The average Bonchev–Trinajstić information content (AvgIpc) is 2.73. The van der Waals surface area contributed by atoms with Crippen LogP contribution in [0.1, 0.15) is 37.3 Å². The molecule has 28 heavy (non-hydrogen) atoms. The lowest BCUT2D eigenvalue weighted by atomic mass is 9.88. The highest BCUT2D eigenvalue weighted by Gasteiger charge is 2.18. The van der Waals surface area contributed by atoms with Gasteiger partial charge in [-0.15, -0.1) is 0 Å². The van der Waals surface area contributed by atoms with Crippen molar-refractivity contribution in [1.29, 1.82) is 0 Å². The van der Waals surface area contributed by atoms with Gasteiger partial charge in [0.25, 0.3) is 0 Å². The summed E-state index contributed by atoms with van der Waals surface area (Å²) in [7, 11) is 0. The van der Waals surface area contributed by atoms with Crippen molar-refractivity contribution in [3.63, 3.8) is 0 Å². The predicted molar refractivity (Wildman–Crippen MR) is 116 cm³/mol. The molecule has 0 atom stereocenters. The predicted octanol–water partition coefficient (Wildman–Crippen LogP) is 5.31. The Morgan fingerprint density at radius 2 is 1.50 bits per heavy atom. The van der Waals surface area contributed by atoms with Crippen LogP contribution in [0.2, 0.25) is 0 Å². The number of nitrogens with one attached hydrogen (secondary N) is 2. The van der Waals surface area contributed by atoms with Crippen LogP contribution in [0.3, 0.4) is 0 Å². The van der Waals surface area contributed by atoms with Gasteiger partial charge in [-0.1, -0.05) is 74.5 Å². The van der Waals surface area contributed by atoms with Crippen LogP contribution in [0.25, 0.3) is 0 Å². The summed E-state index contributed by atoms with van der Waals surface area (Å²) in [6, 6.07) is 24.1. The van der Waals surface area contributed by atoms with E-state index >= 15 is 0 Å². The number of anilines is 2. The second kappa shape index (κ2) is 9.70. The number of aromatic nitrogens is 1. The molecule has 3 rings (SSSR count). The largest absolute Gasteiger partial charge is 0.370 e. The SMILES string of the molecule is CC(C)CNc1ccc(NC(=O)CC(c2ccccc2)c2ccccc2)cn1. The molecule has 0 aliphatic carbocycles. The van der Waals surface area contributed by atoms with Gasteiger partial charge in [-0.25, -0.2) is 4.98 Å². The normalized spacial score (nSPS) is 10.9. The lowest BCUT2D eigenvalue weighted by Crippen LogP contribution is -2.17. The summed E-state index contributed by atoms with van der Waals surface area (Å²) in [5.74, 6) is 1.36. The van der Waals surface area contributed by atoms with E-state index in [1.165, 1.54) is 0 Å². The van der Waals surface area contributed by atoms with Crippen molar-refractivity contribution in [2.45, 2.75) is 26.2 Å². The van der Waals surface area contributed by atoms with Gasteiger partial charge in [0.1, 0.15) is 5.82 Å². The van der Waals surface area contributed by atoms with E-state index in [-0.39, 0.29) is 11.8 Å². The summed E-state index contributed by atoms with van der Waals surface area (Å²) < 4.78 is 0. The summed E-state index contributed by atoms with van der Waals surface area (Å²) in [5, 5.41) is 6.25. The van der Waals surface area contributed by atoms with Crippen molar-refractivity contribution in [1.82, 2.24) is 4.98 Å². The summed E-state index contributed by atoms with van der Waals surface area (Å²) in [4.78, 5) is 17.1. The van der Waals surface area contributed by atoms with Gasteiger partial charge in [0, 0.05) is 18.9 Å². The third kappa shape index (κ3) is 5.68. The Morgan fingerprint density at radius 1 is 0.893 bits per heavy atom. The molecule has 0 radical (unpaired) electrons. The zero-order valence-electron chi connectivity index (χ0n) is 16.4. The first-order chi connectivity index (χ1) is 13.6. The number of rotatable bonds is 8. The minimum absolute atomic E-state index is 0.0161. The van der Waals surface area contributed by atoms with Gasteiger partial charge >= 0.3 is 0 Å². The Labute approximate surface area is 167 Å². The molecule has 2 N–H and O–H groups in total. The van der Waals surface area contributed by atoms with Crippen LogP contribution in [-0.4, -0.2) is 17.4 Å². The summed E-state index contributed by atoms with van der Waals surface area (Å²) in [6.07, 6.45) is 2.07. The lowest BCUT2D eigenvalue weighted by molar-refractivity contribution is -0.116. The fourth-order valence-corrected chi connectivity index (χ4v) is 3.08. The monoisotopic (exact) mass is 373 g/mol. The molecular weight excluding hydrogens is 346 g/mol. The molecule has 1 amide bonds. The first-order valence-electron chi connectivity index (χ1n) is 9.71. The van der Waals surface area contributed by atoms with Gasteiger partial charge in [-0.2, -0.15) is 0 Å². The number of carbonyl (C=O) groups is 1. The number of hydrogen-bond donors (Lipinski definition) is 2. The van der Waals surface area contributed by atoms with Gasteiger partial charge in [-0.3, -0.25) is 4.79 Å². The van der Waals surface area contributed by atoms with E-state index in [2.05, 4.69) is 53.7 Å². The fourth-order valence-electron chi connectivity index (χ4n) is 3.08. The molecule has 3 aromatic rings. The molecule has 4 nitrogen and oxygen atoms in total. The molecule has 0 saturated carbocycles. The Morgan fingerprint density at radius 3 is 2.00 bits per heavy atom.